The molecule has 3 aromatic rings. The van der Waals surface area contributed by atoms with Crippen molar-refractivity contribution >= 4 is 22.3 Å². The van der Waals surface area contributed by atoms with Crippen molar-refractivity contribution < 1.29 is 13.5 Å². The van der Waals surface area contributed by atoms with Gasteiger partial charge in [0.15, 0.2) is 0 Å². The molecule has 0 bridgehead atoms. The number of thiophene rings is 1. The molecule has 1 aromatic carbocycles. The number of hydrogen-bond donors (Lipinski definition) is 1. The van der Waals surface area contributed by atoms with E-state index >= 15 is 0 Å². The minimum absolute atomic E-state index is 0.0700. The smallest absolute Gasteiger partial charge is 0.134 e. The van der Waals surface area contributed by atoms with Crippen LogP contribution in [-0.2, 0) is 0 Å². The highest BCUT2D eigenvalue weighted by Crippen LogP contribution is 2.33. The first-order chi connectivity index (χ1) is 9.71. The highest BCUT2D eigenvalue weighted by atomic mass is 32.1. The Morgan fingerprint density at radius 2 is 2.15 bits per heavy atom. The van der Waals surface area contributed by atoms with Crippen LogP contribution in [0.2, 0.25) is 0 Å². The largest absolute Gasteiger partial charge is 0.496 e. The van der Waals surface area contributed by atoms with Crippen molar-refractivity contribution in [3.8, 4) is 5.75 Å². The summed E-state index contributed by atoms with van der Waals surface area (Å²) in [6, 6.07) is 8.29. The molecule has 1 atom stereocenters. The van der Waals surface area contributed by atoms with Crippen LogP contribution < -0.4 is 10.1 Å². The van der Waals surface area contributed by atoms with E-state index in [-0.39, 0.29) is 11.9 Å². The number of halogens is 1. The lowest BCUT2D eigenvalue weighted by Gasteiger charge is -2.10. The average Bonchev–Trinajstić information content (AvgIpc) is 3.06. The number of furan rings is 1. The van der Waals surface area contributed by atoms with Crippen molar-refractivity contribution in [2.75, 3.05) is 14.2 Å². The second-order valence-corrected chi connectivity index (χ2v) is 5.38. The van der Waals surface area contributed by atoms with Crippen molar-refractivity contribution in [2.24, 2.45) is 0 Å². The number of rotatable bonds is 4. The summed E-state index contributed by atoms with van der Waals surface area (Å²) in [7, 11) is 3.51. The molecule has 1 N–H and O–H groups in total. The molecule has 0 saturated heterocycles. The molecule has 20 heavy (non-hydrogen) atoms. The second kappa shape index (κ2) is 5.26. The zero-order valence-corrected chi connectivity index (χ0v) is 12.0. The van der Waals surface area contributed by atoms with Crippen molar-refractivity contribution in [1.82, 2.24) is 5.32 Å². The van der Waals surface area contributed by atoms with E-state index in [2.05, 4.69) is 5.32 Å². The molecule has 2 heterocycles. The molecule has 0 aliphatic rings. The summed E-state index contributed by atoms with van der Waals surface area (Å²) in [5.41, 5.74) is 0.685. The summed E-state index contributed by atoms with van der Waals surface area (Å²) in [6.07, 6.45) is 0. The van der Waals surface area contributed by atoms with Crippen LogP contribution in [0.1, 0.15) is 16.7 Å². The molecule has 104 valence electrons. The van der Waals surface area contributed by atoms with Gasteiger partial charge in [0.05, 0.1) is 7.11 Å². The van der Waals surface area contributed by atoms with Crippen molar-refractivity contribution in [3.05, 3.63) is 52.2 Å². The van der Waals surface area contributed by atoms with E-state index in [4.69, 9.17) is 9.15 Å². The van der Waals surface area contributed by atoms with Gasteiger partial charge in [-0.1, -0.05) is 0 Å². The molecule has 0 aliphatic carbocycles. The third-order valence-electron chi connectivity index (χ3n) is 3.19. The van der Waals surface area contributed by atoms with Crippen LogP contribution in [0.3, 0.4) is 0 Å². The van der Waals surface area contributed by atoms with Gasteiger partial charge in [0.2, 0.25) is 0 Å². The van der Waals surface area contributed by atoms with Gasteiger partial charge in [0.1, 0.15) is 29.0 Å². The third-order valence-corrected chi connectivity index (χ3v) is 4.16. The second-order valence-electron chi connectivity index (χ2n) is 4.44. The van der Waals surface area contributed by atoms with Gasteiger partial charge in [0.25, 0.3) is 0 Å². The number of nitrogens with one attached hydrogen (secondary N) is 1. The Balaban J connectivity index is 2.02. The van der Waals surface area contributed by atoms with Gasteiger partial charge in [-0.3, -0.25) is 0 Å². The van der Waals surface area contributed by atoms with Crippen LogP contribution in [-0.4, -0.2) is 14.2 Å². The minimum Gasteiger partial charge on any atom is -0.496 e. The Morgan fingerprint density at radius 1 is 1.30 bits per heavy atom. The van der Waals surface area contributed by atoms with Gasteiger partial charge in [0, 0.05) is 15.6 Å². The summed E-state index contributed by atoms with van der Waals surface area (Å²) >= 11 is 1.59. The third kappa shape index (κ3) is 2.30. The molecule has 0 spiro atoms. The monoisotopic (exact) mass is 291 g/mol. The first-order valence-electron chi connectivity index (χ1n) is 6.20. The minimum atomic E-state index is -0.261. The Kier molecular flexibility index (Phi) is 3.46. The predicted octanol–water partition coefficient (Wildman–Crippen LogP) is 3.95. The molecule has 0 aliphatic heterocycles. The van der Waals surface area contributed by atoms with E-state index in [1.165, 1.54) is 12.1 Å². The standard InChI is InChI=1S/C15H14FNO2S/c1-17-15(14-7-11(18-2)8-20-14)13-6-9-5-10(16)3-4-12(9)19-13/h3-8,15,17H,1-2H3. The normalized spacial score (nSPS) is 12.8. The average molecular weight is 291 g/mol. The lowest BCUT2D eigenvalue weighted by Crippen LogP contribution is -2.15. The Bertz CT molecular complexity index is 734. The molecule has 0 saturated carbocycles. The maximum Gasteiger partial charge on any atom is 0.134 e. The van der Waals surface area contributed by atoms with E-state index < -0.39 is 0 Å². The van der Waals surface area contributed by atoms with Crippen molar-refractivity contribution in [2.45, 2.75) is 6.04 Å². The molecular weight excluding hydrogens is 277 g/mol. The SMILES string of the molecule is CNC(c1cc2cc(F)ccc2o1)c1cc(OC)cs1. The number of hydrogen-bond acceptors (Lipinski definition) is 4. The van der Waals surface area contributed by atoms with E-state index in [1.54, 1.807) is 24.5 Å². The molecular formula is C15H14FNO2S. The summed E-state index contributed by atoms with van der Waals surface area (Å²) in [5, 5.41) is 5.93. The number of ether oxygens (including phenoxy) is 1. The van der Waals surface area contributed by atoms with Crippen LogP contribution in [0.25, 0.3) is 11.0 Å². The summed E-state index contributed by atoms with van der Waals surface area (Å²) in [6.45, 7) is 0. The maximum atomic E-state index is 13.2. The van der Waals surface area contributed by atoms with E-state index in [0.717, 1.165) is 21.8 Å². The molecule has 3 nitrogen and oxygen atoms in total. The van der Waals surface area contributed by atoms with Gasteiger partial charge in [-0.15, -0.1) is 11.3 Å². The topological polar surface area (TPSA) is 34.4 Å². The van der Waals surface area contributed by atoms with Crippen molar-refractivity contribution in [1.29, 1.82) is 0 Å². The molecule has 0 fully saturated rings. The number of methoxy groups -OCH3 is 1. The lowest BCUT2D eigenvalue weighted by atomic mass is 10.1. The summed E-state index contributed by atoms with van der Waals surface area (Å²) in [4.78, 5) is 1.09. The fourth-order valence-corrected chi connectivity index (χ4v) is 3.17. The molecule has 5 heteroatoms. The van der Waals surface area contributed by atoms with E-state index in [0.29, 0.717) is 5.58 Å². The molecule has 3 rings (SSSR count). The van der Waals surface area contributed by atoms with Crippen molar-refractivity contribution in [3.63, 3.8) is 0 Å². The fourth-order valence-electron chi connectivity index (χ4n) is 2.19. The zero-order chi connectivity index (χ0) is 14.1. The van der Waals surface area contributed by atoms with E-state index in [9.17, 15) is 4.39 Å². The maximum absolute atomic E-state index is 13.2. The summed E-state index contributed by atoms with van der Waals surface area (Å²) < 4.78 is 24.2. The van der Waals surface area contributed by atoms with E-state index in [1.807, 2.05) is 24.6 Å². The highest BCUT2D eigenvalue weighted by Gasteiger charge is 2.19. The fraction of sp³-hybridized carbons (Fsp3) is 0.200. The first-order valence-corrected chi connectivity index (χ1v) is 7.08. The Hall–Kier alpha value is -1.85. The number of benzene rings is 1. The van der Waals surface area contributed by atoms with Crippen LogP contribution >= 0.6 is 11.3 Å². The molecule has 1 unspecified atom stereocenters. The van der Waals surface area contributed by atoms with Gasteiger partial charge < -0.3 is 14.5 Å². The molecule has 0 radical (unpaired) electrons. The highest BCUT2D eigenvalue weighted by molar-refractivity contribution is 7.10. The van der Waals surface area contributed by atoms with Gasteiger partial charge in [-0.25, -0.2) is 4.39 Å². The van der Waals surface area contributed by atoms with Gasteiger partial charge in [-0.05, 0) is 37.4 Å². The van der Waals surface area contributed by atoms with Crippen LogP contribution in [0.5, 0.6) is 5.75 Å². The number of fused-ring (bicyclic) bond motifs is 1. The van der Waals surface area contributed by atoms with Crippen LogP contribution in [0.4, 0.5) is 4.39 Å². The quantitative estimate of drug-likeness (QED) is 0.790. The Morgan fingerprint density at radius 3 is 2.85 bits per heavy atom. The van der Waals surface area contributed by atoms with Crippen LogP contribution in [0.15, 0.2) is 40.1 Å². The van der Waals surface area contributed by atoms with Gasteiger partial charge in [-0.2, -0.15) is 0 Å². The molecule has 0 amide bonds. The zero-order valence-electron chi connectivity index (χ0n) is 11.1. The first kappa shape index (κ1) is 13.1. The summed E-state index contributed by atoms with van der Waals surface area (Å²) in [5.74, 6) is 1.33. The van der Waals surface area contributed by atoms with Crippen LogP contribution in [0, 0.1) is 5.82 Å². The van der Waals surface area contributed by atoms with Gasteiger partial charge >= 0.3 is 0 Å². The Labute approximate surface area is 120 Å². The lowest BCUT2D eigenvalue weighted by molar-refractivity contribution is 0.415. The predicted molar refractivity (Wildman–Crippen MR) is 77.9 cm³/mol. The molecule has 2 aromatic heterocycles.